The van der Waals surface area contributed by atoms with Crippen molar-refractivity contribution in [3.8, 4) is 5.88 Å². The minimum atomic E-state index is -0.701. The Balaban J connectivity index is 1.33. The summed E-state index contributed by atoms with van der Waals surface area (Å²) < 4.78 is 26.1. The Bertz CT molecular complexity index is 1420. The van der Waals surface area contributed by atoms with E-state index in [2.05, 4.69) is 30.9 Å². The summed E-state index contributed by atoms with van der Waals surface area (Å²) in [6.45, 7) is 3.68. The average molecular weight is 481 g/mol. The number of thiophene rings is 1. The molecule has 1 saturated heterocycles. The van der Waals surface area contributed by atoms with Gasteiger partial charge in [-0.2, -0.15) is 14.4 Å². The normalized spacial score (nSPS) is 20.0. The van der Waals surface area contributed by atoms with Crippen LogP contribution in [0.2, 0.25) is 0 Å². The van der Waals surface area contributed by atoms with Crippen LogP contribution in [0.1, 0.15) is 23.0 Å². The molecule has 1 unspecified atom stereocenters. The molecule has 6 rings (SSSR count). The molecule has 34 heavy (non-hydrogen) atoms. The van der Waals surface area contributed by atoms with Gasteiger partial charge in [-0.1, -0.05) is 0 Å². The van der Waals surface area contributed by atoms with Gasteiger partial charge in [-0.05, 0) is 31.2 Å². The van der Waals surface area contributed by atoms with Gasteiger partial charge in [0.1, 0.15) is 16.8 Å². The van der Waals surface area contributed by atoms with Gasteiger partial charge in [0, 0.05) is 34.5 Å². The second kappa shape index (κ2) is 8.33. The van der Waals surface area contributed by atoms with Gasteiger partial charge in [0.2, 0.25) is 17.8 Å². The number of nitrogens with one attached hydrogen (secondary N) is 3. The molecule has 3 N–H and O–H groups in total. The summed E-state index contributed by atoms with van der Waals surface area (Å²) in [6.07, 6.45) is 0.583. The van der Waals surface area contributed by atoms with Crippen molar-refractivity contribution in [1.29, 1.82) is 0 Å². The highest BCUT2D eigenvalue weighted by Crippen LogP contribution is 2.41. The summed E-state index contributed by atoms with van der Waals surface area (Å²) in [7, 11) is 0. The summed E-state index contributed by atoms with van der Waals surface area (Å²) in [5.74, 6) is -0.105. The number of carbonyl (C=O) groups is 1. The van der Waals surface area contributed by atoms with Gasteiger partial charge in [-0.15, -0.1) is 11.3 Å². The number of halogens is 1. The summed E-state index contributed by atoms with van der Waals surface area (Å²) in [6, 6.07) is 8.76. The van der Waals surface area contributed by atoms with Crippen molar-refractivity contribution in [2.45, 2.75) is 25.5 Å². The Morgan fingerprint density at radius 1 is 1.24 bits per heavy atom. The molecule has 0 aliphatic carbocycles. The zero-order valence-electron chi connectivity index (χ0n) is 18.2. The second-order valence-electron chi connectivity index (χ2n) is 8.34. The van der Waals surface area contributed by atoms with Gasteiger partial charge < -0.3 is 25.4 Å². The third kappa shape index (κ3) is 3.86. The Labute approximate surface area is 197 Å². The van der Waals surface area contributed by atoms with Crippen molar-refractivity contribution in [2.75, 3.05) is 30.4 Å². The molecular weight excluding hydrogens is 459 g/mol. The van der Waals surface area contributed by atoms with Gasteiger partial charge in [0.25, 0.3) is 5.91 Å². The molecular formula is C23H21FN6O3S. The smallest absolute Gasteiger partial charge is 0.263 e. The first-order valence-electron chi connectivity index (χ1n) is 11.0. The van der Waals surface area contributed by atoms with E-state index >= 15 is 0 Å². The first kappa shape index (κ1) is 21.0. The predicted octanol–water partition coefficient (Wildman–Crippen LogP) is 3.83. The van der Waals surface area contributed by atoms with Crippen LogP contribution in [-0.2, 0) is 4.74 Å². The number of anilines is 3. The lowest BCUT2D eigenvalue weighted by Gasteiger charge is -2.12. The molecule has 5 heterocycles. The average Bonchev–Trinajstić information content (AvgIpc) is 3.42. The third-order valence-electron chi connectivity index (χ3n) is 5.78. The lowest BCUT2D eigenvalue weighted by atomic mass is 10.1. The van der Waals surface area contributed by atoms with E-state index < -0.39 is 5.95 Å². The molecule has 9 nitrogen and oxygen atoms in total. The van der Waals surface area contributed by atoms with Gasteiger partial charge in [0.15, 0.2) is 0 Å². The van der Waals surface area contributed by atoms with Crippen LogP contribution in [0.3, 0.4) is 0 Å². The monoisotopic (exact) mass is 480 g/mol. The number of pyridine rings is 1. The number of hydrogen-bond donors (Lipinski definition) is 3. The number of nitrogens with zero attached hydrogens (tertiary/aromatic N) is 3. The lowest BCUT2D eigenvalue weighted by molar-refractivity contribution is 0.0949. The van der Waals surface area contributed by atoms with Crippen molar-refractivity contribution >= 4 is 55.7 Å². The molecule has 3 aromatic heterocycles. The summed E-state index contributed by atoms with van der Waals surface area (Å²) in [5.41, 5.74) is 1.56. The minimum absolute atomic E-state index is 0.0346. The Morgan fingerprint density at radius 2 is 2.15 bits per heavy atom. The number of rotatable bonds is 4. The molecule has 0 bridgehead atoms. The van der Waals surface area contributed by atoms with Crippen molar-refractivity contribution in [2.24, 2.45) is 0 Å². The summed E-state index contributed by atoms with van der Waals surface area (Å²) in [4.78, 5) is 26.0. The molecule has 2 atom stereocenters. The van der Waals surface area contributed by atoms with Crippen LogP contribution in [0, 0.1) is 5.95 Å². The molecule has 2 aliphatic rings. The topological polar surface area (TPSA) is 110 Å². The minimum Gasteiger partial charge on any atom is -0.472 e. The molecule has 1 fully saturated rings. The quantitative estimate of drug-likeness (QED) is 0.378. The van der Waals surface area contributed by atoms with Gasteiger partial charge >= 0.3 is 0 Å². The highest BCUT2D eigenvalue weighted by molar-refractivity contribution is 7.21. The Hall–Kier alpha value is -3.57. The first-order chi connectivity index (χ1) is 16.5. The van der Waals surface area contributed by atoms with E-state index in [1.165, 1.54) is 11.3 Å². The fourth-order valence-electron chi connectivity index (χ4n) is 4.20. The number of aromatic nitrogens is 3. The Kier molecular flexibility index (Phi) is 5.15. The fraction of sp³-hybridized carbons (Fsp3) is 0.304. The van der Waals surface area contributed by atoms with E-state index in [9.17, 15) is 9.18 Å². The maximum Gasteiger partial charge on any atom is 0.263 e. The van der Waals surface area contributed by atoms with Crippen molar-refractivity contribution in [1.82, 2.24) is 20.3 Å². The van der Waals surface area contributed by atoms with E-state index in [1.54, 1.807) is 6.07 Å². The molecule has 0 radical (unpaired) electrons. The second-order valence-corrected chi connectivity index (χ2v) is 9.40. The van der Waals surface area contributed by atoms with Crippen molar-refractivity contribution in [3.63, 3.8) is 0 Å². The van der Waals surface area contributed by atoms with Crippen molar-refractivity contribution in [3.05, 3.63) is 41.2 Å². The van der Waals surface area contributed by atoms with Gasteiger partial charge in [-0.3, -0.25) is 4.79 Å². The molecule has 4 aromatic rings. The molecule has 1 aromatic carbocycles. The number of benzene rings is 1. The van der Waals surface area contributed by atoms with Crippen LogP contribution >= 0.6 is 11.3 Å². The highest BCUT2D eigenvalue weighted by Gasteiger charge is 2.25. The number of carbonyl (C=O) groups excluding carboxylic acids is 1. The summed E-state index contributed by atoms with van der Waals surface area (Å²) in [5, 5.41) is 11.3. The molecule has 1 amide bonds. The van der Waals surface area contributed by atoms with Gasteiger partial charge in [0.05, 0.1) is 30.5 Å². The first-order valence-corrected chi connectivity index (χ1v) is 11.8. The maximum absolute atomic E-state index is 14.1. The van der Waals surface area contributed by atoms with E-state index in [4.69, 9.17) is 9.47 Å². The van der Waals surface area contributed by atoms with Crippen LogP contribution in [0.25, 0.3) is 21.0 Å². The fourth-order valence-corrected chi connectivity index (χ4v) is 5.30. The highest BCUT2D eigenvalue weighted by atomic mass is 32.1. The Morgan fingerprint density at radius 3 is 3.00 bits per heavy atom. The number of fused-ring (bicyclic) bond motifs is 5. The van der Waals surface area contributed by atoms with Crippen LogP contribution in [0.4, 0.5) is 21.8 Å². The van der Waals surface area contributed by atoms with E-state index in [0.717, 1.165) is 39.2 Å². The largest absolute Gasteiger partial charge is 0.472 e. The molecule has 11 heteroatoms. The predicted molar refractivity (Wildman–Crippen MR) is 128 cm³/mol. The van der Waals surface area contributed by atoms with E-state index in [-0.39, 0.29) is 29.9 Å². The standard InChI is InChI=1S/C23H21FN6O3S/c1-11-9-25-20-19-13-2-5-17(27-14(13)3-4-15(19)34-21(20)22(31)26-11)29-23-28-16(24)8-18(30-23)33-12-6-7-32-10-12/h2-5,8,11-12,25H,6-7,9-10H2,1H3,(H,26,31)(H,27,28,29,30)/t11?,12-/m0/s1. The van der Waals surface area contributed by atoms with E-state index in [0.29, 0.717) is 30.5 Å². The summed E-state index contributed by atoms with van der Waals surface area (Å²) >= 11 is 1.46. The number of amides is 1. The molecule has 0 saturated carbocycles. The van der Waals surface area contributed by atoms with Crippen LogP contribution in [0.5, 0.6) is 5.88 Å². The number of hydrogen-bond acceptors (Lipinski definition) is 9. The third-order valence-corrected chi connectivity index (χ3v) is 6.93. The van der Waals surface area contributed by atoms with Crippen molar-refractivity contribution < 1.29 is 18.7 Å². The molecule has 0 spiro atoms. The lowest BCUT2D eigenvalue weighted by Crippen LogP contribution is -2.34. The van der Waals surface area contributed by atoms with Gasteiger partial charge in [-0.25, -0.2) is 4.98 Å². The molecule has 174 valence electrons. The zero-order chi connectivity index (χ0) is 23.2. The SMILES string of the molecule is CC1CNc2c(sc3ccc4nc(Nc5nc(F)cc(O[C@H]6CCOC6)n5)ccc4c23)C(=O)N1. The number of ether oxygens (including phenoxy) is 2. The van der Waals surface area contributed by atoms with Crippen LogP contribution in [0.15, 0.2) is 30.3 Å². The van der Waals surface area contributed by atoms with E-state index in [1.807, 2.05) is 25.1 Å². The molecule has 2 aliphatic heterocycles. The van der Waals surface area contributed by atoms with Crippen LogP contribution in [-0.4, -0.2) is 52.8 Å². The van der Waals surface area contributed by atoms with Crippen LogP contribution < -0.4 is 20.7 Å². The maximum atomic E-state index is 14.1. The zero-order valence-corrected chi connectivity index (χ0v) is 19.0.